The highest BCUT2D eigenvalue weighted by Crippen LogP contribution is 2.65. The quantitative estimate of drug-likeness (QED) is 0.235. The SMILES string of the molecule is Cn1ccc2cc(NC(=O)c3cc(NC(=O)[C@@H]4[C@@H](c5cc(Cl)cc(Cl)c5)C4(Cl)Cl)ccc3Cl)ccc21. The van der Waals surface area contributed by atoms with E-state index in [-0.39, 0.29) is 10.6 Å². The minimum absolute atomic E-state index is 0.208. The smallest absolute Gasteiger partial charge is 0.257 e. The maximum Gasteiger partial charge on any atom is 0.257 e. The third-order valence-electron chi connectivity index (χ3n) is 6.20. The van der Waals surface area contributed by atoms with Gasteiger partial charge < -0.3 is 15.2 Å². The van der Waals surface area contributed by atoms with Crippen LogP contribution in [0.15, 0.2) is 66.9 Å². The van der Waals surface area contributed by atoms with Gasteiger partial charge in [0.25, 0.3) is 5.91 Å². The number of anilines is 2. The highest BCUT2D eigenvalue weighted by atomic mass is 35.5. The van der Waals surface area contributed by atoms with Crippen molar-refractivity contribution in [2.24, 2.45) is 13.0 Å². The summed E-state index contributed by atoms with van der Waals surface area (Å²) in [5.74, 6) is -2.03. The lowest BCUT2D eigenvalue weighted by molar-refractivity contribution is -0.117. The number of fused-ring (bicyclic) bond motifs is 1. The number of nitrogens with zero attached hydrogens (tertiary/aromatic N) is 1. The third kappa shape index (κ3) is 4.79. The number of alkyl halides is 2. The van der Waals surface area contributed by atoms with E-state index in [1.165, 1.54) is 6.07 Å². The van der Waals surface area contributed by atoms with Crippen molar-refractivity contribution >= 4 is 92.1 Å². The van der Waals surface area contributed by atoms with Crippen molar-refractivity contribution in [1.29, 1.82) is 0 Å². The van der Waals surface area contributed by atoms with Crippen LogP contribution in [0.1, 0.15) is 21.8 Å². The number of hydrogen-bond donors (Lipinski definition) is 2. The molecule has 2 N–H and O–H groups in total. The van der Waals surface area contributed by atoms with Gasteiger partial charge in [-0.05, 0) is 66.2 Å². The highest BCUT2D eigenvalue weighted by molar-refractivity contribution is 6.53. The van der Waals surface area contributed by atoms with Gasteiger partial charge in [0.1, 0.15) is 4.33 Å². The number of hydrogen-bond acceptors (Lipinski definition) is 2. The Balaban J connectivity index is 1.33. The molecule has 0 spiro atoms. The molecule has 2 amide bonds. The van der Waals surface area contributed by atoms with Crippen molar-refractivity contribution in [3.8, 4) is 0 Å². The van der Waals surface area contributed by atoms with E-state index in [1.807, 2.05) is 42.1 Å². The lowest BCUT2D eigenvalue weighted by atomic mass is 10.1. The molecule has 1 fully saturated rings. The molecule has 0 saturated heterocycles. The summed E-state index contributed by atoms with van der Waals surface area (Å²) in [4.78, 5) is 26.0. The molecule has 184 valence electrons. The maximum absolute atomic E-state index is 13.0. The summed E-state index contributed by atoms with van der Waals surface area (Å²) in [6, 6.07) is 17.2. The molecular weight excluding hydrogens is 564 g/mol. The maximum atomic E-state index is 13.0. The molecule has 1 saturated carbocycles. The molecule has 0 unspecified atom stereocenters. The van der Waals surface area contributed by atoms with Gasteiger partial charge in [0.15, 0.2) is 0 Å². The normalized spacial score (nSPS) is 18.2. The van der Waals surface area contributed by atoms with E-state index in [9.17, 15) is 9.59 Å². The van der Waals surface area contributed by atoms with Crippen LogP contribution in [0.2, 0.25) is 15.1 Å². The second-order valence-corrected chi connectivity index (χ2v) is 11.4. The number of halogens is 5. The van der Waals surface area contributed by atoms with Crippen LogP contribution in [0.5, 0.6) is 0 Å². The summed E-state index contributed by atoms with van der Waals surface area (Å²) in [6.45, 7) is 0. The molecule has 0 aliphatic heterocycles. The predicted octanol–water partition coefficient (Wildman–Crippen LogP) is 7.92. The van der Waals surface area contributed by atoms with Gasteiger partial charge in [-0.25, -0.2) is 0 Å². The van der Waals surface area contributed by atoms with E-state index in [4.69, 9.17) is 58.0 Å². The minimum Gasteiger partial charge on any atom is -0.351 e. The number of aryl methyl sites for hydroxylation is 1. The van der Waals surface area contributed by atoms with Crippen LogP contribution in [-0.2, 0) is 11.8 Å². The van der Waals surface area contributed by atoms with Crippen molar-refractivity contribution in [3.63, 3.8) is 0 Å². The summed E-state index contributed by atoms with van der Waals surface area (Å²) in [5.41, 5.74) is 2.93. The Morgan fingerprint density at radius 1 is 0.861 bits per heavy atom. The van der Waals surface area contributed by atoms with E-state index < -0.39 is 28.0 Å². The fraction of sp³-hybridized carbons (Fsp3) is 0.154. The van der Waals surface area contributed by atoms with Gasteiger partial charge in [-0.2, -0.15) is 0 Å². The number of carbonyl (C=O) groups excluding carboxylic acids is 2. The fourth-order valence-corrected chi connectivity index (χ4v) is 5.95. The van der Waals surface area contributed by atoms with Gasteiger partial charge in [-0.3, -0.25) is 9.59 Å². The molecule has 0 bridgehead atoms. The number of aromatic nitrogens is 1. The molecule has 1 aromatic heterocycles. The topological polar surface area (TPSA) is 63.1 Å². The zero-order chi connectivity index (χ0) is 25.8. The van der Waals surface area contributed by atoms with E-state index in [1.54, 1.807) is 30.3 Å². The summed E-state index contributed by atoms with van der Waals surface area (Å²) in [6.07, 6.45) is 1.95. The van der Waals surface area contributed by atoms with E-state index >= 15 is 0 Å². The number of amides is 2. The first-order chi connectivity index (χ1) is 17.0. The number of carbonyl (C=O) groups is 2. The van der Waals surface area contributed by atoms with Crippen molar-refractivity contribution in [3.05, 3.63) is 93.1 Å². The van der Waals surface area contributed by atoms with E-state index in [0.717, 1.165) is 10.9 Å². The Morgan fingerprint density at radius 2 is 1.53 bits per heavy atom. The monoisotopic (exact) mass is 579 g/mol. The van der Waals surface area contributed by atoms with Crippen LogP contribution in [0.4, 0.5) is 11.4 Å². The first kappa shape index (κ1) is 25.2. The van der Waals surface area contributed by atoms with Crippen molar-refractivity contribution in [2.75, 3.05) is 10.6 Å². The Hall–Kier alpha value is -2.41. The molecule has 1 heterocycles. The Morgan fingerprint density at radius 3 is 2.25 bits per heavy atom. The van der Waals surface area contributed by atoms with Gasteiger partial charge in [0, 0.05) is 51.5 Å². The lowest BCUT2D eigenvalue weighted by Crippen LogP contribution is -2.18. The summed E-state index contributed by atoms with van der Waals surface area (Å²) >= 11 is 31.4. The first-order valence-electron chi connectivity index (χ1n) is 10.9. The van der Waals surface area contributed by atoms with Gasteiger partial charge in [0.05, 0.1) is 16.5 Å². The molecule has 0 radical (unpaired) electrons. The Bertz CT molecular complexity index is 1510. The van der Waals surface area contributed by atoms with Crippen LogP contribution in [0.3, 0.4) is 0 Å². The molecule has 10 heteroatoms. The van der Waals surface area contributed by atoms with Gasteiger partial charge in [-0.15, -0.1) is 23.2 Å². The van der Waals surface area contributed by atoms with Gasteiger partial charge >= 0.3 is 0 Å². The van der Waals surface area contributed by atoms with Crippen LogP contribution in [0.25, 0.3) is 10.9 Å². The summed E-state index contributed by atoms with van der Waals surface area (Å²) in [5, 5.41) is 7.73. The molecule has 3 aromatic carbocycles. The zero-order valence-electron chi connectivity index (χ0n) is 18.7. The summed E-state index contributed by atoms with van der Waals surface area (Å²) < 4.78 is 0.673. The van der Waals surface area contributed by atoms with Crippen LogP contribution >= 0.6 is 58.0 Å². The standard InChI is InChI=1S/C26H18Cl5N3O2/c1-34-7-6-13-10-17(3-5-21(13)34)32-24(35)19-12-18(2-4-20(19)29)33-25(36)23-22(26(23,30)31)14-8-15(27)11-16(28)9-14/h2-12,22-23H,1H3,(H,32,35)(H,33,36)/t22-,23+/m1/s1. The van der Waals surface area contributed by atoms with Crippen LogP contribution < -0.4 is 10.6 Å². The molecule has 5 rings (SSSR count). The first-order valence-corrected chi connectivity index (χ1v) is 12.7. The largest absolute Gasteiger partial charge is 0.351 e. The van der Waals surface area contributed by atoms with Gasteiger partial charge in [0.2, 0.25) is 5.91 Å². The molecule has 36 heavy (non-hydrogen) atoms. The van der Waals surface area contributed by atoms with Crippen molar-refractivity contribution in [2.45, 2.75) is 10.3 Å². The number of nitrogens with one attached hydrogen (secondary N) is 2. The lowest BCUT2D eigenvalue weighted by Gasteiger charge is -2.11. The Labute approximate surface area is 232 Å². The summed E-state index contributed by atoms with van der Waals surface area (Å²) in [7, 11) is 1.95. The van der Waals surface area contributed by atoms with Crippen molar-refractivity contribution < 1.29 is 9.59 Å². The molecule has 2 atom stereocenters. The van der Waals surface area contributed by atoms with Crippen molar-refractivity contribution in [1.82, 2.24) is 4.57 Å². The molecular formula is C26H18Cl5N3O2. The highest BCUT2D eigenvalue weighted by Gasteiger charge is 2.67. The van der Waals surface area contributed by atoms with Crippen LogP contribution in [0, 0.1) is 5.92 Å². The molecule has 4 aromatic rings. The average Bonchev–Trinajstić information content (AvgIpc) is 3.21. The minimum atomic E-state index is -1.32. The molecule has 1 aliphatic carbocycles. The fourth-order valence-electron chi connectivity index (χ4n) is 4.38. The average molecular weight is 582 g/mol. The Kier molecular flexibility index (Phi) is 6.64. The van der Waals surface area contributed by atoms with E-state index in [2.05, 4.69) is 10.6 Å². The van der Waals surface area contributed by atoms with Crippen LogP contribution in [-0.4, -0.2) is 20.7 Å². The van der Waals surface area contributed by atoms with E-state index in [0.29, 0.717) is 27.0 Å². The molecule has 1 aliphatic rings. The second kappa shape index (κ2) is 9.47. The number of benzene rings is 3. The predicted molar refractivity (Wildman–Crippen MR) is 148 cm³/mol. The third-order valence-corrected chi connectivity index (χ3v) is 7.91. The second-order valence-electron chi connectivity index (χ2n) is 8.67. The molecule has 5 nitrogen and oxygen atoms in total. The zero-order valence-corrected chi connectivity index (χ0v) is 22.4. The van der Waals surface area contributed by atoms with Gasteiger partial charge in [-0.1, -0.05) is 34.8 Å². The number of rotatable bonds is 5.